The maximum atomic E-state index is 6.29. The van der Waals surface area contributed by atoms with Crippen molar-refractivity contribution in [3.8, 4) is 0 Å². The number of aromatic nitrogens is 2. The van der Waals surface area contributed by atoms with E-state index >= 15 is 0 Å². The molecule has 4 nitrogen and oxygen atoms in total. The minimum atomic E-state index is 0.139. The van der Waals surface area contributed by atoms with Gasteiger partial charge in [-0.1, -0.05) is 25.4 Å². The summed E-state index contributed by atoms with van der Waals surface area (Å²) in [6, 6.07) is 0. The predicted molar refractivity (Wildman–Crippen MR) is 84.8 cm³/mol. The Morgan fingerprint density at radius 2 is 1.85 bits per heavy atom. The van der Waals surface area contributed by atoms with Crippen molar-refractivity contribution in [2.24, 2.45) is 0 Å². The van der Waals surface area contributed by atoms with E-state index in [1.54, 1.807) is 0 Å². The SMILES string of the molecule is Cc1c(Cl)nc(C(C)C)nc1N1CCN(C)C(C)(C)C1. The minimum absolute atomic E-state index is 0.139. The molecule has 0 atom stereocenters. The van der Waals surface area contributed by atoms with Gasteiger partial charge in [0.05, 0.1) is 0 Å². The van der Waals surface area contributed by atoms with Crippen LogP contribution in [-0.2, 0) is 0 Å². The molecule has 2 rings (SSSR count). The van der Waals surface area contributed by atoms with Crippen molar-refractivity contribution in [1.82, 2.24) is 14.9 Å². The molecule has 0 saturated carbocycles. The number of nitrogens with zero attached hydrogens (tertiary/aromatic N) is 4. The Bertz CT molecular complexity index is 499. The van der Waals surface area contributed by atoms with Crippen LogP contribution in [-0.4, -0.2) is 47.1 Å². The van der Waals surface area contributed by atoms with Gasteiger partial charge < -0.3 is 4.90 Å². The van der Waals surface area contributed by atoms with Crippen molar-refractivity contribution < 1.29 is 0 Å². The van der Waals surface area contributed by atoms with Crippen LogP contribution in [0.2, 0.25) is 5.15 Å². The molecule has 1 aromatic heterocycles. The van der Waals surface area contributed by atoms with Crippen molar-refractivity contribution in [3.63, 3.8) is 0 Å². The average Bonchev–Trinajstić information content (AvgIpc) is 2.35. The highest BCUT2D eigenvalue weighted by Crippen LogP contribution is 2.29. The Hall–Kier alpha value is -0.870. The highest BCUT2D eigenvalue weighted by molar-refractivity contribution is 6.30. The van der Waals surface area contributed by atoms with E-state index in [-0.39, 0.29) is 11.5 Å². The lowest BCUT2D eigenvalue weighted by Gasteiger charge is -2.46. The lowest BCUT2D eigenvalue weighted by atomic mass is 9.99. The van der Waals surface area contributed by atoms with E-state index in [9.17, 15) is 0 Å². The molecule has 2 heterocycles. The zero-order valence-electron chi connectivity index (χ0n) is 13.4. The first-order valence-corrected chi connectivity index (χ1v) is 7.60. The molecule has 1 saturated heterocycles. The van der Waals surface area contributed by atoms with E-state index in [0.717, 1.165) is 36.8 Å². The van der Waals surface area contributed by atoms with Gasteiger partial charge in [-0.05, 0) is 27.8 Å². The summed E-state index contributed by atoms with van der Waals surface area (Å²) in [6.07, 6.45) is 0. The number of likely N-dealkylation sites (N-methyl/N-ethyl adjacent to an activating group) is 1. The van der Waals surface area contributed by atoms with Gasteiger partial charge in [-0.2, -0.15) is 0 Å². The number of piperazine rings is 1. The predicted octanol–water partition coefficient (Wildman–Crippen LogP) is 3.09. The summed E-state index contributed by atoms with van der Waals surface area (Å²) in [7, 11) is 2.18. The smallest absolute Gasteiger partial charge is 0.137 e. The van der Waals surface area contributed by atoms with Gasteiger partial charge in [0.25, 0.3) is 0 Å². The maximum absolute atomic E-state index is 6.29. The molecule has 1 aliphatic heterocycles. The van der Waals surface area contributed by atoms with Crippen LogP contribution < -0.4 is 4.90 Å². The highest BCUT2D eigenvalue weighted by atomic mass is 35.5. The van der Waals surface area contributed by atoms with Crippen LogP contribution in [0.25, 0.3) is 0 Å². The van der Waals surface area contributed by atoms with E-state index in [2.05, 4.69) is 49.5 Å². The standard InChI is InChI=1S/C15H25ClN4/c1-10(2)13-17-12(16)11(3)14(18-13)20-8-7-19(6)15(4,5)9-20/h10H,7-9H2,1-6H3. The number of rotatable bonds is 2. The summed E-state index contributed by atoms with van der Waals surface area (Å²) in [5.74, 6) is 2.11. The summed E-state index contributed by atoms with van der Waals surface area (Å²) in [5.41, 5.74) is 1.12. The monoisotopic (exact) mass is 296 g/mol. The van der Waals surface area contributed by atoms with Gasteiger partial charge in [0.1, 0.15) is 16.8 Å². The zero-order valence-corrected chi connectivity index (χ0v) is 14.1. The first-order chi connectivity index (χ1) is 9.22. The van der Waals surface area contributed by atoms with Gasteiger partial charge in [0.15, 0.2) is 0 Å². The quantitative estimate of drug-likeness (QED) is 0.785. The zero-order chi connectivity index (χ0) is 15.1. The van der Waals surface area contributed by atoms with E-state index in [4.69, 9.17) is 16.6 Å². The molecule has 1 fully saturated rings. The minimum Gasteiger partial charge on any atom is -0.353 e. The van der Waals surface area contributed by atoms with Gasteiger partial charge in [-0.15, -0.1) is 0 Å². The Morgan fingerprint density at radius 3 is 2.40 bits per heavy atom. The fraction of sp³-hybridized carbons (Fsp3) is 0.733. The molecule has 0 unspecified atom stereocenters. The van der Waals surface area contributed by atoms with Gasteiger partial charge in [-0.25, -0.2) is 9.97 Å². The summed E-state index contributed by atoms with van der Waals surface area (Å²) >= 11 is 6.29. The Labute approximate surface area is 127 Å². The molecule has 112 valence electrons. The topological polar surface area (TPSA) is 32.3 Å². The number of hydrogen-bond donors (Lipinski definition) is 0. The molecule has 0 bridgehead atoms. The van der Waals surface area contributed by atoms with Crippen LogP contribution in [0.3, 0.4) is 0 Å². The molecular formula is C15H25ClN4. The molecule has 0 spiro atoms. The highest BCUT2D eigenvalue weighted by Gasteiger charge is 2.32. The van der Waals surface area contributed by atoms with Crippen LogP contribution in [0.4, 0.5) is 5.82 Å². The lowest BCUT2D eigenvalue weighted by Crippen LogP contribution is -2.58. The number of hydrogen-bond acceptors (Lipinski definition) is 4. The maximum Gasteiger partial charge on any atom is 0.137 e. The van der Waals surface area contributed by atoms with Crippen LogP contribution in [0.5, 0.6) is 0 Å². The van der Waals surface area contributed by atoms with E-state index < -0.39 is 0 Å². The van der Waals surface area contributed by atoms with Crippen molar-refractivity contribution in [1.29, 1.82) is 0 Å². The fourth-order valence-electron chi connectivity index (χ4n) is 2.48. The fourth-order valence-corrected chi connectivity index (χ4v) is 2.65. The van der Waals surface area contributed by atoms with Gasteiger partial charge >= 0.3 is 0 Å². The second-order valence-electron chi connectivity index (χ2n) is 6.63. The molecule has 5 heteroatoms. The van der Waals surface area contributed by atoms with Crippen molar-refractivity contribution in [2.45, 2.75) is 46.1 Å². The van der Waals surface area contributed by atoms with Crippen LogP contribution in [0.1, 0.15) is 45.0 Å². The third-order valence-corrected chi connectivity index (χ3v) is 4.58. The van der Waals surface area contributed by atoms with Crippen LogP contribution in [0, 0.1) is 6.92 Å². The van der Waals surface area contributed by atoms with E-state index in [1.165, 1.54) is 0 Å². The van der Waals surface area contributed by atoms with Gasteiger partial charge in [0.2, 0.25) is 0 Å². The Morgan fingerprint density at radius 1 is 1.20 bits per heavy atom. The summed E-state index contributed by atoms with van der Waals surface area (Å²) in [6.45, 7) is 13.7. The van der Waals surface area contributed by atoms with Gasteiger partial charge in [-0.3, -0.25) is 4.90 Å². The Kier molecular flexibility index (Phi) is 4.26. The van der Waals surface area contributed by atoms with E-state index in [1.807, 2.05) is 6.92 Å². The molecule has 0 radical (unpaired) electrons. The molecule has 1 aliphatic rings. The first kappa shape index (κ1) is 15.5. The van der Waals surface area contributed by atoms with Crippen molar-refractivity contribution in [3.05, 3.63) is 16.5 Å². The number of anilines is 1. The summed E-state index contributed by atoms with van der Waals surface area (Å²) in [5, 5.41) is 0.579. The molecule has 0 amide bonds. The van der Waals surface area contributed by atoms with E-state index in [0.29, 0.717) is 5.15 Å². The molecule has 0 aromatic carbocycles. The molecule has 1 aromatic rings. The number of halogens is 1. The lowest BCUT2D eigenvalue weighted by molar-refractivity contribution is 0.138. The second kappa shape index (κ2) is 5.49. The Balaban J connectivity index is 2.37. The second-order valence-corrected chi connectivity index (χ2v) is 6.99. The van der Waals surface area contributed by atoms with Crippen LogP contribution >= 0.6 is 11.6 Å². The van der Waals surface area contributed by atoms with Crippen LogP contribution in [0.15, 0.2) is 0 Å². The summed E-state index contributed by atoms with van der Waals surface area (Å²) < 4.78 is 0. The van der Waals surface area contributed by atoms with Gasteiger partial charge in [0, 0.05) is 36.7 Å². The molecular weight excluding hydrogens is 272 g/mol. The van der Waals surface area contributed by atoms with Crippen molar-refractivity contribution in [2.75, 3.05) is 31.6 Å². The average molecular weight is 297 g/mol. The molecule has 20 heavy (non-hydrogen) atoms. The molecule has 0 aliphatic carbocycles. The molecule has 0 N–H and O–H groups in total. The first-order valence-electron chi connectivity index (χ1n) is 7.22. The largest absolute Gasteiger partial charge is 0.353 e. The summed E-state index contributed by atoms with van der Waals surface area (Å²) in [4.78, 5) is 13.9. The third kappa shape index (κ3) is 2.91. The third-order valence-electron chi connectivity index (χ3n) is 4.21. The van der Waals surface area contributed by atoms with Crippen molar-refractivity contribution >= 4 is 17.4 Å². The normalized spacial score (nSPS) is 19.7.